The summed E-state index contributed by atoms with van der Waals surface area (Å²) in [5, 5.41) is 10.5. The molecule has 2 aliphatic carbocycles. The molecule has 5 nitrogen and oxygen atoms in total. The van der Waals surface area contributed by atoms with E-state index in [1.165, 1.54) is 0 Å². The number of hydrogen-bond acceptors (Lipinski definition) is 4. The molecule has 1 saturated heterocycles. The van der Waals surface area contributed by atoms with Crippen molar-refractivity contribution in [3.8, 4) is 0 Å². The molecule has 2 saturated carbocycles. The minimum atomic E-state index is -1.37. The predicted molar refractivity (Wildman–Crippen MR) is 49.5 cm³/mol. The molecule has 4 atom stereocenters. The molecule has 0 unspecified atom stereocenters. The van der Waals surface area contributed by atoms with Crippen LogP contribution in [0.3, 0.4) is 0 Å². The molecule has 3 rings (SSSR count). The van der Waals surface area contributed by atoms with Crippen LogP contribution in [0.5, 0.6) is 0 Å². The average Bonchev–Trinajstić information content (AvgIpc) is 2.87. The monoisotopic (exact) mass is 222 g/mol. The second-order valence-corrected chi connectivity index (χ2v) is 5.02. The van der Waals surface area contributed by atoms with Gasteiger partial charge in [0, 0.05) is 0 Å². The van der Waals surface area contributed by atoms with Crippen molar-refractivity contribution in [3.05, 3.63) is 0 Å². The first-order valence-corrected chi connectivity index (χ1v) is 5.64. The van der Waals surface area contributed by atoms with Crippen molar-refractivity contribution in [1.29, 1.82) is 0 Å². The van der Waals surface area contributed by atoms with Gasteiger partial charge in [0.2, 0.25) is 11.8 Å². The van der Waals surface area contributed by atoms with Gasteiger partial charge in [0.1, 0.15) is 0 Å². The Balaban J connectivity index is 1.89. The molecule has 0 aromatic heterocycles. The maximum Gasteiger partial charge on any atom is 0.233 e. The Labute approximate surface area is 92.4 Å². The highest BCUT2D eigenvalue weighted by Gasteiger charge is 2.60. The highest BCUT2D eigenvalue weighted by molar-refractivity contribution is 6.07. The maximum absolute atomic E-state index is 11.9. The van der Waals surface area contributed by atoms with E-state index in [0.717, 1.165) is 24.2 Å². The molecule has 0 radical (unpaired) electrons. The van der Waals surface area contributed by atoms with Crippen molar-refractivity contribution in [2.75, 3.05) is 6.54 Å². The third kappa shape index (κ3) is 1.08. The van der Waals surface area contributed by atoms with Crippen LogP contribution in [0.15, 0.2) is 0 Å². The SMILES string of the molecule is O=C([O-])CN1C(=O)[C@@H]2[C@@H]3CC[C@@H](C3)[C@H]2C1=O. The van der Waals surface area contributed by atoms with E-state index in [0.29, 0.717) is 11.8 Å². The van der Waals surface area contributed by atoms with Crippen LogP contribution in [0, 0.1) is 23.7 Å². The van der Waals surface area contributed by atoms with Gasteiger partial charge in [-0.3, -0.25) is 14.5 Å². The Morgan fingerprint density at radius 2 is 1.69 bits per heavy atom. The second-order valence-electron chi connectivity index (χ2n) is 5.02. The van der Waals surface area contributed by atoms with Gasteiger partial charge in [-0.1, -0.05) is 0 Å². The zero-order chi connectivity index (χ0) is 11.4. The molecule has 3 aliphatic rings. The van der Waals surface area contributed by atoms with Crippen molar-refractivity contribution in [3.63, 3.8) is 0 Å². The van der Waals surface area contributed by atoms with Gasteiger partial charge in [-0.05, 0) is 31.1 Å². The topological polar surface area (TPSA) is 77.5 Å². The number of carbonyl (C=O) groups excluding carboxylic acids is 3. The van der Waals surface area contributed by atoms with Crippen molar-refractivity contribution >= 4 is 17.8 Å². The van der Waals surface area contributed by atoms with E-state index in [2.05, 4.69) is 0 Å². The fraction of sp³-hybridized carbons (Fsp3) is 0.727. The average molecular weight is 222 g/mol. The Morgan fingerprint density at radius 1 is 1.19 bits per heavy atom. The second kappa shape index (κ2) is 3.06. The lowest BCUT2D eigenvalue weighted by molar-refractivity contribution is -0.305. The molecule has 0 aromatic carbocycles. The van der Waals surface area contributed by atoms with Crippen LogP contribution in [-0.4, -0.2) is 29.2 Å². The van der Waals surface area contributed by atoms with Crippen LogP contribution in [0.4, 0.5) is 0 Å². The number of amides is 2. The predicted octanol–water partition coefficient (Wildman–Crippen LogP) is -1.23. The normalized spacial score (nSPS) is 40.6. The van der Waals surface area contributed by atoms with Gasteiger partial charge in [0.05, 0.1) is 24.3 Å². The minimum absolute atomic E-state index is 0.231. The van der Waals surface area contributed by atoms with Crippen LogP contribution in [-0.2, 0) is 14.4 Å². The van der Waals surface area contributed by atoms with E-state index in [1.807, 2.05) is 0 Å². The highest BCUT2D eigenvalue weighted by atomic mass is 16.4. The van der Waals surface area contributed by atoms with Crippen LogP contribution in [0.2, 0.25) is 0 Å². The first kappa shape index (κ1) is 9.81. The quantitative estimate of drug-likeness (QED) is 0.548. The number of likely N-dealkylation sites (tertiary alicyclic amines) is 1. The van der Waals surface area contributed by atoms with Gasteiger partial charge in [-0.2, -0.15) is 0 Å². The maximum atomic E-state index is 11.9. The summed E-state index contributed by atoms with van der Waals surface area (Å²) >= 11 is 0. The van der Waals surface area contributed by atoms with Crippen molar-refractivity contribution in [1.82, 2.24) is 4.90 Å². The van der Waals surface area contributed by atoms with E-state index >= 15 is 0 Å². The van der Waals surface area contributed by atoms with Gasteiger partial charge in [0.15, 0.2) is 0 Å². The van der Waals surface area contributed by atoms with Gasteiger partial charge in [-0.25, -0.2) is 0 Å². The summed E-state index contributed by atoms with van der Waals surface area (Å²) < 4.78 is 0. The number of rotatable bonds is 2. The van der Waals surface area contributed by atoms with E-state index in [4.69, 9.17) is 0 Å². The Bertz CT molecular complexity index is 363. The molecule has 1 aliphatic heterocycles. The highest BCUT2D eigenvalue weighted by Crippen LogP contribution is 2.55. The molecular weight excluding hydrogens is 210 g/mol. The first-order chi connectivity index (χ1) is 7.59. The Morgan fingerprint density at radius 3 is 2.12 bits per heavy atom. The summed E-state index contributed by atoms with van der Waals surface area (Å²) in [6.45, 7) is -0.579. The third-order valence-corrected chi connectivity index (χ3v) is 4.31. The Kier molecular flexibility index (Phi) is 1.87. The van der Waals surface area contributed by atoms with E-state index < -0.39 is 12.5 Å². The number of carbonyl (C=O) groups is 3. The molecule has 0 aromatic rings. The van der Waals surface area contributed by atoms with Gasteiger partial charge >= 0.3 is 0 Å². The third-order valence-electron chi connectivity index (χ3n) is 4.31. The lowest BCUT2D eigenvalue weighted by atomic mass is 9.81. The molecule has 5 heteroatoms. The number of aliphatic carboxylic acids is 1. The standard InChI is InChI=1S/C11H13NO4/c13-7(14)4-12-10(15)8-5-1-2-6(3-5)9(8)11(12)16/h5-6,8-9H,1-4H2,(H,13,14)/p-1/t5-,6+,8-,9-/m1/s1. The molecular formula is C11H12NO4-. The molecule has 86 valence electrons. The van der Waals surface area contributed by atoms with Crippen molar-refractivity contribution in [2.45, 2.75) is 19.3 Å². The summed E-state index contributed by atoms with van der Waals surface area (Å²) in [4.78, 5) is 35.2. The van der Waals surface area contributed by atoms with Crippen LogP contribution in [0.25, 0.3) is 0 Å². The number of carboxylic acid groups (broad SMARTS) is 1. The lowest BCUT2D eigenvalue weighted by Gasteiger charge is -2.19. The van der Waals surface area contributed by atoms with E-state index in [9.17, 15) is 19.5 Å². The first-order valence-electron chi connectivity index (χ1n) is 5.64. The summed E-state index contributed by atoms with van der Waals surface area (Å²) in [6, 6.07) is 0. The lowest BCUT2D eigenvalue weighted by Crippen LogP contribution is -2.42. The van der Waals surface area contributed by atoms with Crippen LogP contribution < -0.4 is 5.11 Å². The van der Waals surface area contributed by atoms with E-state index in [-0.39, 0.29) is 23.7 Å². The Hall–Kier alpha value is -1.39. The number of imide groups is 1. The molecule has 16 heavy (non-hydrogen) atoms. The molecule has 0 N–H and O–H groups in total. The number of fused-ring (bicyclic) bond motifs is 5. The fourth-order valence-electron chi connectivity index (χ4n) is 3.76. The summed E-state index contributed by atoms with van der Waals surface area (Å²) in [7, 11) is 0. The summed E-state index contributed by atoms with van der Waals surface area (Å²) in [5.74, 6) is -1.79. The van der Waals surface area contributed by atoms with E-state index in [1.54, 1.807) is 0 Å². The molecule has 2 bridgehead atoms. The molecule has 2 amide bonds. The van der Waals surface area contributed by atoms with Gasteiger partial charge < -0.3 is 9.90 Å². The molecule has 0 spiro atoms. The largest absolute Gasteiger partial charge is 0.548 e. The van der Waals surface area contributed by atoms with Crippen molar-refractivity contribution < 1.29 is 19.5 Å². The smallest absolute Gasteiger partial charge is 0.233 e. The fourth-order valence-corrected chi connectivity index (χ4v) is 3.76. The summed E-state index contributed by atoms with van der Waals surface area (Å²) in [5.41, 5.74) is 0. The minimum Gasteiger partial charge on any atom is -0.548 e. The summed E-state index contributed by atoms with van der Waals surface area (Å²) in [6.07, 6.45) is 2.97. The number of hydrogen-bond donors (Lipinski definition) is 0. The number of nitrogens with zero attached hydrogens (tertiary/aromatic N) is 1. The number of carboxylic acids is 1. The molecule has 1 heterocycles. The van der Waals surface area contributed by atoms with Crippen molar-refractivity contribution in [2.24, 2.45) is 23.7 Å². The van der Waals surface area contributed by atoms with Gasteiger partial charge in [-0.15, -0.1) is 0 Å². The zero-order valence-corrected chi connectivity index (χ0v) is 8.72. The van der Waals surface area contributed by atoms with Crippen LogP contribution in [0.1, 0.15) is 19.3 Å². The zero-order valence-electron chi connectivity index (χ0n) is 8.72. The van der Waals surface area contributed by atoms with Crippen LogP contribution >= 0.6 is 0 Å². The van der Waals surface area contributed by atoms with Gasteiger partial charge in [0.25, 0.3) is 0 Å². The molecule has 3 fully saturated rings.